The number of amides is 1. The second kappa shape index (κ2) is 1.81. The molecule has 4 nitrogen and oxygen atoms in total. The number of hydrogen-bond acceptors (Lipinski definition) is 3. The van der Waals surface area contributed by atoms with Gasteiger partial charge in [0.15, 0.2) is 0 Å². The van der Waals surface area contributed by atoms with Gasteiger partial charge in [-0.1, -0.05) is 0 Å². The van der Waals surface area contributed by atoms with Gasteiger partial charge in [0.2, 0.25) is 0 Å². The fourth-order valence-corrected chi connectivity index (χ4v) is 4.41. The predicted molar refractivity (Wildman–Crippen MR) is 48.8 cm³/mol. The number of nitrogens with one attached hydrogen (secondary N) is 1. The van der Waals surface area contributed by atoms with E-state index in [1.807, 2.05) is 0 Å². The second-order valence-corrected chi connectivity index (χ2v) is 5.22. The van der Waals surface area contributed by atoms with Gasteiger partial charge in [-0.05, 0) is 19.9 Å². The number of hydrogen-bond donors (Lipinski definition) is 1. The van der Waals surface area contributed by atoms with Crippen LogP contribution in [0.2, 0.25) is 0 Å². The molecule has 4 unspecified atom stereocenters. The van der Waals surface area contributed by atoms with Gasteiger partial charge in [0.25, 0.3) is 0 Å². The minimum atomic E-state index is -0.210. The second-order valence-electron chi connectivity index (χ2n) is 5.22. The third-order valence-electron chi connectivity index (χ3n) is 5.18. The van der Waals surface area contributed by atoms with E-state index >= 15 is 0 Å². The number of ether oxygens (including phenoxy) is 1. The molecule has 2 spiro atoms. The molecule has 0 aromatic rings. The van der Waals surface area contributed by atoms with Crippen molar-refractivity contribution in [3.63, 3.8) is 0 Å². The van der Waals surface area contributed by atoms with Crippen molar-refractivity contribution >= 4 is 6.09 Å². The standard InChI is InChI=1S/C10H14N2O2/c1-12-6-2-3-10(6)7(12)4-9(10)5-11-8(13)14-9/h6-7H,2-5H2,1H3,(H,11,13). The fourth-order valence-electron chi connectivity index (χ4n) is 4.41. The molecule has 14 heavy (non-hydrogen) atoms. The smallest absolute Gasteiger partial charge is 0.407 e. The van der Waals surface area contributed by atoms with Crippen molar-refractivity contribution in [2.24, 2.45) is 5.41 Å². The maximum absolute atomic E-state index is 11.1. The molecule has 1 N–H and O–H groups in total. The van der Waals surface area contributed by atoms with Gasteiger partial charge < -0.3 is 10.1 Å². The van der Waals surface area contributed by atoms with Crippen LogP contribution in [0.15, 0.2) is 0 Å². The molecule has 4 fully saturated rings. The average molecular weight is 194 g/mol. The van der Waals surface area contributed by atoms with Crippen molar-refractivity contribution in [3.05, 3.63) is 0 Å². The zero-order valence-electron chi connectivity index (χ0n) is 8.25. The zero-order valence-corrected chi connectivity index (χ0v) is 8.25. The summed E-state index contributed by atoms with van der Waals surface area (Å²) < 4.78 is 5.52. The van der Waals surface area contributed by atoms with Gasteiger partial charge in [-0.25, -0.2) is 4.79 Å². The van der Waals surface area contributed by atoms with E-state index in [-0.39, 0.29) is 11.7 Å². The molecule has 0 bridgehead atoms. The molecule has 4 heteroatoms. The highest BCUT2D eigenvalue weighted by atomic mass is 16.6. The first-order valence-corrected chi connectivity index (χ1v) is 5.38. The largest absolute Gasteiger partial charge is 0.440 e. The van der Waals surface area contributed by atoms with E-state index in [0.29, 0.717) is 17.5 Å². The lowest BCUT2D eigenvalue weighted by molar-refractivity contribution is -0.348. The highest BCUT2D eigenvalue weighted by Crippen LogP contribution is 2.73. The SMILES string of the molecule is CN1C2CCC23C1CC31CNC(=O)O1. The van der Waals surface area contributed by atoms with Crippen LogP contribution in [-0.4, -0.2) is 42.3 Å². The number of carbonyl (C=O) groups is 1. The maximum atomic E-state index is 11.1. The summed E-state index contributed by atoms with van der Waals surface area (Å²) in [5.74, 6) is 0. The molecule has 2 saturated carbocycles. The zero-order chi connectivity index (χ0) is 9.55. The normalized spacial score (nSPS) is 58.8. The summed E-state index contributed by atoms with van der Waals surface area (Å²) in [5, 5.41) is 2.81. The third kappa shape index (κ3) is 0.466. The van der Waals surface area contributed by atoms with Crippen molar-refractivity contribution in [1.29, 1.82) is 0 Å². The van der Waals surface area contributed by atoms with Crippen LogP contribution < -0.4 is 5.32 Å². The van der Waals surface area contributed by atoms with E-state index in [2.05, 4.69) is 17.3 Å². The van der Waals surface area contributed by atoms with Crippen LogP contribution in [0, 0.1) is 5.41 Å². The topological polar surface area (TPSA) is 41.6 Å². The molecule has 2 aliphatic heterocycles. The molecule has 0 radical (unpaired) electrons. The Labute approximate surface area is 82.6 Å². The summed E-state index contributed by atoms with van der Waals surface area (Å²) in [5.41, 5.74) is 0.227. The number of nitrogens with zero attached hydrogens (tertiary/aromatic N) is 1. The third-order valence-corrected chi connectivity index (χ3v) is 5.18. The fraction of sp³-hybridized carbons (Fsp3) is 0.900. The van der Waals surface area contributed by atoms with Crippen LogP contribution in [0.4, 0.5) is 4.79 Å². The lowest BCUT2D eigenvalue weighted by atomic mass is 9.36. The van der Waals surface area contributed by atoms with Gasteiger partial charge in [-0.3, -0.25) is 4.90 Å². The minimum Gasteiger partial charge on any atom is -0.440 e. The highest BCUT2D eigenvalue weighted by Gasteiger charge is 2.83. The Morgan fingerprint density at radius 3 is 2.93 bits per heavy atom. The molecule has 2 aliphatic carbocycles. The number of carbonyl (C=O) groups excluding carboxylic acids is 1. The summed E-state index contributed by atoms with van der Waals surface area (Å²) in [4.78, 5) is 13.6. The monoisotopic (exact) mass is 194 g/mol. The van der Waals surface area contributed by atoms with E-state index in [4.69, 9.17) is 4.74 Å². The van der Waals surface area contributed by atoms with Crippen LogP contribution >= 0.6 is 0 Å². The Balaban J connectivity index is 1.71. The van der Waals surface area contributed by atoms with Crippen molar-refractivity contribution < 1.29 is 9.53 Å². The molecule has 4 rings (SSSR count). The van der Waals surface area contributed by atoms with Crippen molar-refractivity contribution in [1.82, 2.24) is 10.2 Å². The number of piperidine rings is 2. The number of rotatable bonds is 0. The Morgan fingerprint density at radius 2 is 2.43 bits per heavy atom. The Bertz CT molecular complexity index is 337. The van der Waals surface area contributed by atoms with E-state index in [1.54, 1.807) is 0 Å². The quantitative estimate of drug-likeness (QED) is 0.604. The summed E-state index contributed by atoms with van der Waals surface area (Å²) in [6, 6.07) is 1.38. The molecular weight excluding hydrogens is 180 g/mol. The van der Waals surface area contributed by atoms with Gasteiger partial charge in [-0.2, -0.15) is 0 Å². The summed E-state index contributed by atoms with van der Waals surface area (Å²) in [6.07, 6.45) is 3.37. The van der Waals surface area contributed by atoms with E-state index < -0.39 is 0 Å². The maximum Gasteiger partial charge on any atom is 0.407 e. The van der Waals surface area contributed by atoms with Gasteiger partial charge in [-0.15, -0.1) is 0 Å². The first-order chi connectivity index (χ1) is 6.70. The lowest BCUT2D eigenvalue weighted by Gasteiger charge is -2.81. The van der Waals surface area contributed by atoms with E-state index in [9.17, 15) is 4.79 Å². The molecule has 2 heterocycles. The van der Waals surface area contributed by atoms with Gasteiger partial charge in [0.1, 0.15) is 5.60 Å². The summed E-state index contributed by atoms with van der Waals surface area (Å²) in [7, 11) is 2.20. The molecular formula is C10H14N2O2. The molecule has 76 valence electrons. The Hall–Kier alpha value is -0.770. The first-order valence-electron chi connectivity index (χ1n) is 5.38. The minimum absolute atomic E-state index is 0.121. The Kier molecular flexibility index (Phi) is 0.969. The van der Waals surface area contributed by atoms with Crippen LogP contribution in [0.1, 0.15) is 19.3 Å². The molecule has 4 atom stereocenters. The van der Waals surface area contributed by atoms with Gasteiger partial charge in [0.05, 0.1) is 6.54 Å². The molecule has 0 aromatic carbocycles. The molecule has 2 saturated heterocycles. The summed E-state index contributed by atoms with van der Waals surface area (Å²) >= 11 is 0. The van der Waals surface area contributed by atoms with Gasteiger partial charge >= 0.3 is 6.09 Å². The average Bonchev–Trinajstić information content (AvgIpc) is 2.43. The van der Waals surface area contributed by atoms with Crippen molar-refractivity contribution in [3.8, 4) is 0 Å². The van der Waals surface area contributed by atoms with Crippen molar-refractivity contribution in [2.45, 2.75) is 36.9 Å². The molecule has 1 amide bonds. The number of alkyl carbamates (subject to hydrolysis) is 1. The first kappa shape index (κ1) is 7.51. The van der Waals surface area contributed by atoms with Crippen molar-refractivity contribution in [2.75, 3.05) is 13.6 Å². The molecule has 0 aromatic heterocycles. The van der Waals surface area contributed by atoms with Crippen LogP contribution in [0.5, 0.6) is 0 Å². The van der Waals surface area contributed by atoms with Crippen LogP contribution in [0.3, 0.4) is 0 Å². The predicted octanol–water partition coefficient (Wildman–Crippen LogP) is 0.331. The lowest BCUT2D eigenvalue weighted by Crippen LogP contribution is -2.91. The van der Waals surface area contributed by atoms with Crippen LogP contribution in [0.25, 0.3) is 0 Å². The van der Waals surface area contributed by atoms with E-state index in [1.165, 1.54) is 12.8 Å². The van der Waals surface area contributed by atoms with E-state index in [0.717, 1.165) is 13.0 Å². The number of likely N-dealkylation sites (tertiary alicyclic amines) is 1. The Morgan fingerprint density at radius 1 is 1.57 bits per heavy atom. The molecule has 4 aliphatic rings. The highest BCUT2D eigenvalue weighted by molar-refractivity contribution is 5.71. The van der Waals surface area contributed by atoms with Crippen LogP contribution in [-0.2, 0) is 4.74 Å². The summed E-state index contributed by atoms with van der Waals surface area (Å²) in [6.45, 7) is 0.743. The van der Waals surface area contributed by atoms with Gasteiger partial charge in [0, 0.05) is 23.9 Å².